The third-order valence-electron chi connectivity index (χ3n) is 0.975. The van der Waals surface area contributed by atoms with Crippen molar-refractivity contribution in [2.45, 2.75) is 19.9 Å². The second-order valence-electron chi connectivity index (χ2n) is 2.01. The molecule has 4 heteroatoms. The molecule has 0 aromatic carbocycles. The summed E-state index contributed by atoms with van der Waals surface area (Å²) in [5.41, 5.74) is 5.16. The summed E-state index contributed by atoms with van der Waals surface area (Å²) in [5.74, 6) is -1.17. The molecule has 58 valence electrons. The van der Waals surface area contributed by atoms with Crippen molar-refractivity contribution in [3.8, 4) is 0 Å². The minimum Gasteiger partial charge on any atom is -0.350 e. The van der Waals surface area contributed by atoms with Crippen LogP contribution in [0.25, 0.3) is 0 Å². The molecule has 0 aliphatic carbocycles. The summed E-state index contributed by atoms with van der Waals surface area (Å²) in [4.78, 5) is 21.3. The molecule has 0 aliphatic heterocycles. The number of Topliss-reactive ketones (excluding diaryl/α,β-unsaturated/α-hetero) is 1. The topological polar surface area (TPSA) is 72.2 Å². The summed E-state index contributed by atoms with van der Waals surface area (Å²) in [7, 11) is 0. The molecule has 1 amide bonds. The Labute approximate surface area is 59.8 Å². The highest BCUT2D eigenvalue weighted by Crippen LogP contribution is 1.78. The smallest absolute Gasteiger partial charge is 0.289 e. The summed E-state index contributed by atoms with van der Waals surface area (Å²) in [6.07, 6.45) is 0. The number of ketones is 1. The van der Waals surface area contributed by atoms with E-state index in [9.17, 15) is 9.59 Å². The van der Waals surface area contributed by atoms with Crippen LogP contribution in [0, 0.1) is 0 Å². The average molecular weight is 144 g/mol. The fourth-order valence-corrected chi connectivity index (χ4v) is 0.454. The number of carbonyl (C=O) groups excluding carboxylic acids is 2. The van der Waals surface area contributed by atoms with Crippen LogP contribution in [-0.2, 0) is 9.59 Å². The molecule has 0 rings (SSSR count). The molecular weight excluding hydrogens is 132 g/mol. The van der Waals surface area contributed by atoms with Crippen LogP contribution in [0.4, 0.5) is 0 Å². The molecule has 0 aromatic heterocycles. The molecule has 0 heterocycles. The number of amides is 1. The van der Waals surface area contributed by atoms with E-state index in [1.165, 1.54) is 6.92 Å². The van der Waals surface area contributed by atoms with Crippen LogP contribution in [0.1, 0.15) is 13.8 Å². The molecule has 0 spiro atoms. The summed E-state index contributed by atoms with van der Waals surface area (Å²) < 4.78 is 0. The van der Waals surface area contributed by atoms with Crippen LogP contribution in [0.2, 0.25) is 0 Å². The number of nitrogens with two attached hydrogens (primary N) is 1. The predicted octanol–water partition coefficient (Wildman–Crippen LogP) is -0.961. The third-order valence-corrected chi connectivity index (χ3v) is 0.975. The zero-order chi connectivity index (χ0) is 8.15. The molecule has 10 heavy (non-hydrogen) atoms. The minimum absolute atomic E-state index is 0.456. The van der Waals surface area contributed by atoms with Gasteiger partial charge >= 0.3 is 0 Å². The molecule has 0 aromatic rings. The first-order valence-corrected chi connectivity index (χ1v) is 3.17. The Morgan fingerprint density at radius 1 is 1.60 bits per heavy atom. The molecule has 4 nitrogen and oxygen atoms in total. The van der Waals surface area contributed by atoms with Gasteiger partial charge in [-0.25, -0.2) is 0 Å². The molecule has 0 aliphatic rings. The predicted molar refractivity (Wildman–Crippen MR) is 37.3 cm³/mol. The quantitative estimate of drug-likeness (QED) is 0.501. The standard InChI is InChI=1S/C6H12N2O2/c1-3-8-6(10)5(9)4(2)7/h4H,3,7H2,1-2H3,(H,8,10). The summed E-state index contributed by atoms with van der Waals surface area (Å²) in [5, 5.41) is 2.36. The van der Waals surface area contributed by atoms with Gasteiger partial charge in [0.2, 0.25) is 5.78 Å². The van der Waals surface area contributed by atoms with E-state index < -0.39 is 17.7 Å². The van der Waals surface area contributed by atoms with E-state index in [4.69, 9.17) is 5.73 Å². The van der Waals surface area contributed by atoms with Crippen LogP contribution < -0.4 is 11.1 Å². The van der Waals surface area contributed by atoms with Gasteiger partial charge in [0.25, 0.3) is 5.91 Å². The van der Waals surface area contributed by atoms with Crippen LogP contribution in [0.3, 0.4) is 0 Å². The first kappa shape index (κ1) is 9.10. The van der Waals surface area contributed by atoms with Gasteiger partial charge in [-0.15, -0.1) is 0 Å². The van der Waals surface area contributed by atoms with Crippen molar-refractivity contribution < 1.29 is 9.59 Å². The largest absolute Gasteiger partial charge is 0.350 e. The van der Waals surface area contributed by atoms with Gasteiger partial charge in [0.05, 0.1) is 6.04 Å². The van der Waals surface area contributed by atoms with Gasteiger partial charge in [-0.2, -0.15) is 0 Å². The van der Waals surface area contributed by atoms with E-state index in [1.54, 1.807) is 6.92 Å². The number of hydrogen-bond acceptors (Lipinski definition) is 3. The van der Waals surface area contributed by atoms with E-state index in [0.717, 1.165) is 0 Å². The Hall–Kier alpha value is -0.900. The minimum atomic E-state index is -0.702. The number of nitrogens with one attached hydrogen (secondary N) is 1. The van der Waals surface area contributed by atoms with Gasteiger partial charge in [0, 0.05) is 6.54 Å². The van der Waals surface area contributed by atoms with E-state index >= 15 is 0 Å². The molecule has 0 radical (unpaired) electrons. The average Bonchev–Trinajstić information content (AvgIpc) is 1.87. The van der Waals surface area contributed by atoms with Crippen molar-refractivity contribution in [3.63, 3.8) is 0 Å². The Kier molecular flexibility index (Phi) is 3.64. The Bertz CT molecular complexity index is 143. The van der Waals surface area contributed by atoms with Gasteiger partial charge < -0.3 is 11.1 Å². The first-order chi connectivity index (χ1) is 4.59. The lowest BCUT2D eigenvalue weighted by Gasteiger charge is -2.02. The lowest BCUT2D eigenvalue weighted by Crippen LogP contribution is -2.40. The second kappa shape index (κ2) is 4.00. The summed E-state index contributed by atoms with van der Waals surface area (Å²) in [6, 6.07) is -0.702. The molecule has 0 bridgehead atoms. The van der Waals surface area contributed by atoms with E-state index in [2.05, 4.69) is 5.32 Å². The van der Waals surface area contributed by atoms with Crippen molar-refractivity contribution in [3.05, 3.63) is 0 Å². The molecular formula is C6H12N2O2. The van der Waals surface area contributed by atoms with E-state index in [1.807, 2.05) is 0 Å². The van der Waals surface area contributed by atoms with Gasteiger partial charge in [0.1, 0.15) is 0 Å². The monoisotopic (exact) mass is 144 g/mol. The maximum Gasteiger partial charge on any atom is 0.289 e. The van der Waals surface area contributed by atoms with Crippen LogP contribution in [0.5, 0.6) is 0 Å². The fraction of sp³-hybridized carbons (Fsp3) is 0.667. The Morgan fingerprint density at radius 3 is 2.40 bits per heavy atom. The molecule has 3 N–H and O–H groups in total. The Balaban J connectivity index is 3.83. The van der Waals surface area contributed by atoms with Crippen molar-refractivity contribution in [2.75, 3.05) is 6.54 Å². The summed E-state index contributed by atoms with van der Waals surface area (Å²) in [6.45, 7) is 3.68. The lowest BCUT2D eigenvalue weighted by molar-refractivity contribution is -0.138. The third kappa shape index (κ3) is 2.59. The Morgan fingerprint density at radius 2 is 2.10 bits per heavy atom. The van der Waals surface area contributed by atoms with Crippen molar-refractivity contribution in [1.82, 2.24) is 5.32 Å². The zero-order valence-corrected chi connectivity index (χ0v) is 6.18. The van der Waals surface area contributed by atoms with Gasteiger partial charge in [-0.3, -0.25) is 9.59 Å². The second-order valence-corrected chi connectivity index (χ2v) is 2.01. The molecule has 0 saturated heterocycles. The van der Waals surface area contributed by atoms with Gasteiger partial charge in [-0.1, -0.05) is 0 Å². The maximum atomic E-state index is 10.7. The maximum absolute atomic E-state index is 10.7. The number of carbonyl (C=O) groups is 2. The van der Waals surface area contributed by atoms with Crippen LogP contribution in [-0.4, -0.2) is 24.3 Å². The highest BCUT2D eigenvalue weighted by atomic mass is 16.2. The van der Waals surface area contributed by atoms with Crippen LogP contribution >= 0.6 is 0 Å². The number of hydrogen-bond donors (Lipinski definition) is 2. The van der Waals surface area contributed by atoms with Crippen molar-refractivity contribution >= 4 is 11.7 Å². The van der Waals surface area contributed by atoms with Gasteiger partial charge in [-0.05, 0) is 13.8 Å². The number of likely N-dealkylation sites (N-methyl/N-ethyl adjacent to an activating group) is 1. The van der Waals surface area contributed by atoms with Gasteiger partial charge in [0.15, 0.2) is 0 Å². The number of rotatable bonds is 3. The highest BCUT2D eigenvalue weighted by Gasteiger charge is 2.15. The molecule has 0 fully saturated rings. The van der Waals surface area contributed by atoms with Crippen LogP contribution in [0.15, 0.2) is 0 Å². The first-order valence-electron chi connectivity index (χ1n) is 3.17. The highest BCUT2D eigenvalue weighted by molar-refractivity contribution is 6.37. The molecule has 0 saturated carbocycles. The van der Waals surface area contributed by atoms with Crippen molar-refractivity contribution in [2.24, 2.45) is 5.73 Å². The lowest BCUT2D eigenvalue weighted by atomic mass is 10.2. The molecule has 1 atom stereocenters. The zero-order valence-electron chi connectivity index (χ0n) is 6.18. The fourth-order valence-electron chi connectivity index (χ4n) is 0.454. The SMILES string of the molecule is CCNC(=O)C(=O)C(C)N. The van der Waals surface area contributed by atoms with E-state index in [0.29, 0.717) is 6.54 Å². The van der Waals surface area contributed by atoms with E-state index in [-0.39, 0.29) is 0 Å². The normalized spacial score (nSPS) is 12.3. The van der Waals surface area contributed by atoms with Crippen molar-refractivity contribution in [1.29, 1.82) is 0 Å². The summed E-state index contributed by atoms with van der Waals surface area (Å²) >= 11 is 0. The molecule has 1 unspecified atom stereocenters.